The fourth-order valence-electron chi connectivity index (χ4n) is 1.94. The molecule has 0 aromatic carbocycles. The number of hydrogen-bond donors (Lipinski definition) is 1. The number of rotatable bonds is 12. The van der Waals surface area contributed by atoms with Gasteiger partial charge in [0, 0.05) is 0 Å². The van der Waals surface area contributed by atoms with Gasteiger partial charge in [-0.3, -0.25) is 0 Å². The molecule has 0 aliphatic rings. The molecule has 1 atom stereocenters. The van der Waals surface area contributed by atoms with Crippen LogP contribution in [0.1, 0.15) is 72.1 Å². The van der Waals surface area contributed by atoms with Gasteiger partial charge in [0.05, 0.1) is 13.2 Å². The first-order chi connectivity index (χ1) is 10.1. The summed E-state index contributed by atoms with van der Waals surface area (Å²) in [5, 5.41) is 2.43. The third-order valence-corrected chi connectivity index (χ3v) is 3.21. The molecule has 1 N–H and O–H groups in total. The maximum Gasteiger partial charge on any atom is 0.407 e. The van der Waals surface area contributed by atoms with Crippen LogP contribution in [0.2, 0.25) is 0 Å². The van der Waals surface area contributed by atoms with Crippen LogP contribution in [0.4, 0.5) is 4.79 Å². The van der Waals surface area contributed by atoms with Crippen LogP contribution in [0.3, 0.4) is 0 Å². The van der Waals surface area contributed by atoms with Gasteiger partial charge in [-0.1, -0.05) is 51.9 Å². The molecular formula is C16H31NO4. The molecule has 5 heteroatoms. The number of carbonyl (C=O) groups is 2. The monoisotopic (exact) mass is 301 g/mol. The summed E-state index contributed by atoms with van der Waals surface area (Å²) in [6.45, 7) is 6.22. The highest BCUT2D eigenvalue weighted by Crippen LogP contribution is 2.08. The Bertz CT molecular complexity index is 281. The molecule has 0 spiro atoms. The van der Waals surface area contributed by atoms with Crippen LogP contribution >= 0.6 is 0 Å². The zero-order valence-corrected chi connectivity index (χ0v) is 13.8. The summed E-state index contributed by atoms with van der Waals surface area (Å²) >= 11 is 0. The van der Waals surface area contributed by atoms with Crippen LogP contribution in [0.5, 0.6) is 0 Å². The molecule has 0 aromatic heterocycles. The van der Waals surface area contributed by atoms with Gasteiger partial charge < -0.3 is 14.8 Å². The van der Waals surface area contributed by atoms with E-state index >= 15 is 0 Å². The van der Waals surface area contributed by atoms with Gasteiger partial charge in [0.15, 0.2) is 0 Å². The van der Waals surface area contributed by atoms with Crippen molar-refractivity contribution in [3.63, 3.8) is 0 Å². The molecule has 0 rings (SSSR count). The van der Waals surface area contributed by atoms with Gasteiger partial charge in [0.25, 0.3) is 0 Å². The molecule has 0 saturated carbocycles. The fourth-order valence-corrected chi connectivity index (χ4v) is 1.94. The molecule has 0 aromatic rings. The predicted molar refractivity (Wildman–Crippen MR) is 83.2 cm³/mol. The minimum atomic E-state index is -0.668. The Labute approximate surface area is 128 Å². The zero-order chi connectivity index (χ0) is 15.9. The molecule has 0 bridgehead atoms. The Kier molecular flexibility index (Phi) is 12.9. The Morgan fingerprint density at radius 2 is 1.48 bits per heavy atom. The third kappa shape index (κ3) is 12.2. The van der Waals surface area contributed by atoms with Crippen molar-refractivity contribution in [2.45, 2.75) is 78.2 Å². The molecule has 0 saturated heterocycles. The highest BCUT2D eigenvalue weighted by Gasteiger charge is 2.17. The lowest BCUT2D eigenvalue weighted by atomic mass is 10.1. The number of carbonyl (C=O) groups excluding carboxylic acids is 2. The summed E-state index contributed by atoms with van der Waals surface area (Å²) in [5.41, 5.74) is 0. The van der Waals surface area contributed by atoms with E-state index in [2.05, 4.69) is 12.2 Å². The summed E-state index contributed by atoms with van der Waals surface area (Å²) in [6, 6.07) is -0.668. The Balaban J connectivity index is 3.46. The first-order valence-corrected chi connectivity index (χ1v) is 8.21. The van der Waals surface area contributed by atoms with E-state index in [-0.39, 0.29) is 6.61 Å². The van der Waals surface area contributed by atoms with Gasteiger partial charge in [0.1, 0.15) is 6.04 Å². The molecule has 21 heavy (non-hydrogen) atoms. The fraction of sp³-hybridized carbons (Fsp3) is 0.875. The maximum absolute atomic E-state index is 11.6. The molecular weight excluding hydrogens is 270 g/mol. The third-order valence-electron chi connectivity index (χ3n) is 3.21. The predicted octanol–water partition coefficient (Wildman–Crippen LogP) is 3.80. The van der Waals surface area contributed by atoms with Gasteiger partial charge in [-0.2, -0.15) is 0 Å². The molecule has 1 unspecified atom stereocenters. The molecule has 5 nitrogen and oxygen atoms in total. The van der Waals surface area contributed by atoms with Crippen LogP contribution < -0.4 is 5.32 Å². The minimum absolute atomic E-state index is 0.284. The van der Waals surface area contributed by atoms with E-state index in [1.807, 2.05) is 0 Å². The molecule has 0 heterocycles. The second-order valence-electron chi connectivity index (χ2n) is 5.23. The SMILES string of the molecule is CCCCCCCCCCOC(=O)C(C)NC(=O)OCC. The number of alkyl carbamates (subject to hydrolysis) is 1. The lowest BCUT2D eigenvalue weighted by Crippen LogP contribution is -2.39. The highest BCUT2D eigenvalue weighted by atomic mass is 16.6. The van der Waals surface area contributed by atoms with Gasteiger partial charge in [-0.15, -0.1) is 0 Å². The smallest absolute Gasteiger partial charge is 0.407 e. The van der Waals surface area contributed by atoms with Crippen molar-refractivity contribution in [3.05, 3.63) is 0 Å². The molecule has 0 aliphatic carbocycles. The number of unbranched alkanes of at least 4 members (excludes halogenated alkanes) is 7. The Morgan fingerprint density at radius 1 is 0.905 bits per heavy atom. The normalized spacial score (nSPS) is 11.8. The van der Waals surface area contributed by atoms with Gasteiger partial charge in [-0.25, -0.2) is 9.59 Å². The van der Waals surface area contributed by atoms with E-state index < -0.39 is 18.1 Å². The van der Waals surface area contributed by atoms with Crippen LogP contribution in [-0.2, 0) is 14.3 Å². The highest BCUT2D eigenvalue weighted by molar-refractivity contribution is 5.80. The van der Waals surface area contributed by atoms with E-state index in [1.54, 1.807) is 13.8 Å². The second kappa shape index (κ2) is 13.7. The van der Waals surface area contributed by atoms with Crippen LogP contribution in [0, 0.1) is 0 Å². The topological polar surface area (TPSA) is 64.6 Å². The molecule has 1 amide bonds. The van der Waals surface area contributed by atoms with Crippen LogP contribution in [0.15, 0.2) is 0 Å². The molecule has 0 aliphatic heterocycles. The zero-order valence-electron chi connectivity index (χ0n) is 13.8. The maximum atomic E-state index is 11.6. The molecule has 124 valence electrons. The van der Waals surface area contributed by atoms with E-state index in [9.17, 15) is 9.59 Å². The van der Waals surface area contributed by atoms with Gasteiger partial charge in [0.2, 0.25) is 0 Å². The summed E-state index contributed by atoms with van der Waals surface area (Å²) in [5.74, 6) is -0.411. The standard InChI is InChI=1S/C16H31NO4/c1-4-6-7-8-9-10-11-12-13-21-15(18)14(3)17-16(19)20-5-2/h14H,4-13H2,1-3H3,(H,17,19). The molecule has 0 fully saturated rings. The van der Waals surface area contributed by atoms with E-state index in [0.717, 1.165) is 12.8 Å². The number of hydrogen-bond acceptors (Lipinski definition) is 4. The van der Waals surface area contributed by atoms with E-state index in [4.69, 9.17) is 9.47 Å². The van der Waals surface area contributed by atoms with E-state index in [0.29, 0.717) is 6.61 Å². The first-order valence-electron chi connectivity index (χ1n) is 8.21. The number of esters is 1. The van der Waals surface area contributed by atoms with E-state index in [1.165, 1.54) is 38.5 Å². The summed E-state index contributed by atoms with van der Waals surface area (Å²) in [7, 11) is 0. The quantitative estimate of drug-likeness (QED) is 0.440. The lowest BCUT2D eigenvalue weighted by Gasteiger charge is -2.13. The Morgan fingerprint density at radius 3 is 2.05 bits per heavy atom. The van der Waals surface area contributed by atoms with Crippen LogP contribution in [0.25, 0.3) is 0 Å². The average molecular weight is 301 g/mol. The number of nitrogens with one attached hydrogen (secondary N) is 1. The van der Waals surface area contributed by atoms with Crippen molar-refractivity contribution >= 4 is 12.1 Å². The van der Waals surface area contributed by atoms with Crippen molar-refractivity contribution in [1.29, 1.82) is 0 Å². The average Bonchev–Trinajstić information content (AvgIpc) is 2.45. The Hall–Kier alpha value is -1.26. The summed E-state index contributed by atoms with van der Waals surface area (Å²) in [4.78, 5) is 22.7. The minimum Gasteiger partial charge on any atom is -0.464 e. The second-order valence-corrected chi connectivity index (χ2v) is 5.23. The number of amides is 1. The van der Waals surface area contributed by atoms with Crippen molar-refractivity contribution < 1.29 is 19.1 Å². The number of ether oxygens (including phenoxy) is 2. The molecule has 0 radical (unpaired) electrons. The van der Waals surface area contributed by atoms with Crippen molar-refractivity contribution in [2.24, 2.45) is 0 Å². The largest absolute Gasteiger partial charge is 0.464 e. The van der Waals surface area contributed by atoms with Crippen molar-refractivity contribution in [3.8, 4) is 0 Å². The van der Waals surface area contributed by atoms with Gasteiger partial charge in [-0.05, 0) is 20.3 Å². The van der Waals surface area contributed by atoms with Crippen molar-refractivity contribution in [1.82, 2.24) is 5.32 Å². The summed E-state index contributed by atoms with van der Waals surface area (Å²) < 4.78 is 9.82. The van der Waals surface area contributed by atoms with Crippen molar-refractivity contribution in [2.75, 3.05) is 13.2 Å². The van der Waals surface area contributed by atoms with Gasteiger partial charge >= 0.3 is 12.1 Å². The lowest BCUT2D eigenvalue weighted by molar-refractivity contribution is -0.145. The first kappa shape index (κ1) is 19.7. The van der Waals surface area contributed by atoms with Crippen LogP contribution in [-0.4, -0.2) is 31.3 Å². The summed E-state index contributed by atoms with van der Waals surface area (Å²) in [6.07, 6.45) is 9.04.